The van der Waals surface area contributed by atoms with Crippen LogP contribution in [0.3, 0.4) is 0 Å². The van der Waals surface area contributed by atoms with E-state index in [4.69, 9.17) is 0 Å². The zero-order chi connectivity index (χ0) is 21.3. The van der Waals surface area contributed by atoms with Crippen LogP contribution in [0, 0.1) is 0 Å². The zero-order valence-electron chi connectivity index (χ0n) is 17.1. The number of nitrogens with one attached hydrogen (secondary N) is 1. The minimum absolute atomic E-state index is 0.192. The maximum atomic E-state index is 12.7. The number of hydrogen-bond acceptors (Lipinski definition) is 3. The predicted molar refractivity (Wildman–Crippen MR) is 119 cm³/mol. The van der Waals surface area contributed by atoms with Crippen LogP contribution in [-0.2, 0) is 16.4 Å². The molecule has 3 aromatic carbocycles. The van der Waals surface area contributed by atoms with Crippen LogP contribution in [0.25, 0.3) is 11.1 Å². The van der Waals surface area contributed by atoms with Crippen LogP contribution in [0.5, 0.6) is 0 Å². The van der Waals surface area contributed by atoms with E-state index >= 15 is 0 Å². The minimum Gasteiger partial charge on any atom is -0.322 e. The van der Waals surface area contributed by atoms with Crippen molar-refractivity contribution in [1.82, 2.24) is 4.31 Å². The van der Waals surface area contributed by atoms with Crippen LogP contribution in [-0.4, -0.2) is 31.7 Å². The fourth-order valence-electron chi connectivity index (χ4n) is 3.90. The zero-order valence-corrected chi connectivity index (χ0v) is 17.9. The van der Waals surface area contributed by atoms with Crippen molar-refractivity contribution in [3.63, 3.8) is 0 Å². The monoisotopic (exact) mass is 420 g/mol. The molecule has 1 N–H and O–H groups in total. The van der Waals surface area contributed by atoms with Gasteiger partial charge in [-0.2, -0.15) is 4.31 Å². The average molecular weight is 421 g/mol. The van der Waals surface area contributed by atoms with Gasteiger partial charge in [0, 0.05) is 24.3 Å². The van der Waals surface area contributed by atoms with Gasteiger partial charge in [0.25, 0.3) is 5.91 Å². The number of fused-ring (bicyclic) bond motifs is 3. The number of nitrogens with zero attached hydrogens (tertiary/aromatic N) is 1. The van der Waals surface area contributed by atoms with Gasteiger partial charge in [-0.05, 0) is 65.1 Å². The number of amides is 1. The first kappa shape index (κ1) is 20.3. The van der Waals surface area contributed by atoms with Gasteiger partial charge in [0.05, 0.1) is 4.90 Å². The van der Waals surface area contributed by atoms with E-state index in [2.05, 4.69) is 17.4 Å². The van der Waals surface area contributed by atoms with Gasteiger partial charge in [0.1, 0.15) is 0 Å². The maximum Gasteiger partial charge on any atom is 0.255 e. The van der Waals surface area contributed by atoms with Crippen LogP contribution >= 0.6 is 0 Å². The lowest BCUT2D eigenvalue weighted by atomic mass is 10.1. The van der Waals surface area contributed by atoms with Gasteiger partial charge in [-0.25, -0.2) is 8.42 Å². The molecular formula is C24H24N2O3S. The molecule has 1 aliphatic carbocycles. The predicted octanol–water partition coefficient (Wildman–Crippen LogP) is 4.54. The Morgan fingerprint density at radius 3 is 2.27 bits per heavy atom. The third kappa shape index (κ3) is 3.64. The quantitative estimate of drug-likeness (QED) is 0.498. The van der Waals surface area contributed by atoms with E-state index in [0.29, 0.717) is 18.7 Å². The summed E-state index contributed by atoms with van der Waals surface area (Å²) in [6.45, 7) is 4.42. The Bertz CT molecular complexity index is 1200. The van der Waals surface area contributed by atoms with Gasteiger partial charge in [-0.15, -0.1) is 0 Å². The van der Waals surface area contributed by atoms with Crippen LogP contribution in [0.2, 0.25) is 0 Å². The maximum absolute atomic E-state index is 12.7. The van der Waals surface area contributed by atoms with Gasteiger partial charge in [0.15, 0.2) is 0 Å². The van der Waals surface area contributed by atoms with E-state index in [0.717, 1.165) is 17.7 Å². The Balaban J connectivity index is 1.53. The third-order valence-electron chi connectivity index (χ3n) is 5.52. The lowest BCUT2D eigenvalue weighted by molar-refractivity contribution is 0.102. The number of anilines is 1. The highest BCUT2D eigenvalue weighted by Gasteiger charge is 2.22. The second kappa shape index (κ2) is 8.05. The van der Waals surface area contributed by atoms with Crippen molar-refractivity contribution in [2.75, 3.05) is 18.4 Å². The summed E-state index contributed by atoms with van der Waals surface area (Å²) in [4.78, 5) is 12.9. The number of rotatable bonds is 6. The van der Waals surface area contributed by atoms with E-state index in [1.165, 1.54) is 33.1 Å². The summed E-state index contributed by atoms with van der Waals surface area (Å²) in [6, 6.07) is 20.3. The second-order valence-corrected chi connectivity index (χ2v) is 9.21. The molecule has 0 atom stereocenters. The number of benzene rings is 3. The topological polar surface area (TPSA) is 66.5 Å². The Kier molecular flexibility index (Phi) is 5.45. The molecule has 0 unspecified atom stereocenters. The molecule has 0 spiro atoms. The highest BCUT2D eigenvalue weighted by molar-refractivity contribution is 7.89. The molecule has 0 fully saturated rings. The second-order valence-electron chi connectivity index (χ2n) is 7.27. The molecule has 3 aromatic rings. The molecule has 5 nitrogen and oxygen atoms in total. The summed E-state index contributed by atoms with van der Waals surface area (Å²) in [5.41, 5.74) is 6.02. The normalized spacial score (nSPS) is 12.5. The van der Waals surface area contributed by atoms with Crippen LogP contribution in [0.1, 0.15) is 35.3 Å². The first-order valence-electron chi connectivity index (χ1n) is 10.1. The minimum atomic E-state index is -3.54. The van der Waals surface area contributed by atoms with Crippen LogP contribution in [0.15, 0.2) is 71.6 Å². The van der Waals surface area contributed by atoms with Crippen molar-refractivity contribution in [2.45, 2.75) is 25.2 Å². The van der Waals surface area contributed by atoms with Crippen molar-refractivity contribution >= 4 is 21.6 Å². The lowest BCUT2D eigenvalue weighted by Gasteiger charge is -2.18. The Labute approximate surface area is 177 Å². The van der Waals surface area contributed by atoms with E-state index in [-0.39, 0.29) is 10.8 Å². The SMILES string of the molecule is CCN(CC)S(=O)(=O)c1ccc(C(=O)Nc2ccc3c(c2)-c2ccccc2C3)cc1. The Hall–Kier alpha value is -2.96. The molecule has 30 heavy (non-hydrogen) atoms. The first-order chi connectivity index (χ1) is 14.4. The summed E-state index contributed by atoms with van der Waals surface area (Å²) in [5, 5.41) is 2.92. The van der Waals surface area contributed by atoms with Crippen molar-refractivity contribution in [3.05, 3.63) is 83.4 Å². The molecule has 0 heterocycles. The van der Waals surface area contributed by atoms with Crippen molar-refractivity contribution in [1.29, 1.82) is 0 Å². The van der Waals surface area contributed by atoms with E-state index < -0.39 is 10.0 Å². The molecule has 1 amide bonds. The summed E-state index contributed by atoms with van der Waals surface area (Å²) in [6.07, 6.45) is 0.905. The smallest absolute Gasteiger partial charge is 0.255 e. The largest absolute Gasteiger partial charge is 0.322 e. The fraction of sp³-hybridized carbons (Fsp3) is 0.208. The molecule has 154 valence electrons. The first-order valence-corrected chi connectivity index (χ1v) is 11.5. The molecule has 6 heteroatoms. The Morgan fingerprint density at radius 1 is 0.900 bits per heavy atom. The average Bonchev–Trinajstić information content (AvgIpc) is 3.12. The number of sulfonamides is 1. The fourth-order valence-corrected chi connectivity index (χ4v) is 5.35. The van der Waals surface area contributed by atoms with Gasteiger partial charge in [0.2, 0.25) is 10.0 Å². The molecule has 0 bridgehead atoms. The molecule has 0 aliphatic heterocycles. The number of hydrogen-bond donors (Lipinski definition) is 1. The third-order valence-corrected chi connectivity index (χ3v) is 7.58. The van der Waals surface area contributed by atoms with Crippen LogP contribution in [0.4, 0.5) is 5.69 Å². The van der Waals surface area contributed by atoms with E-state index in [1.807, 2.05) is 30.3 Å². The molecular weight excluding hydrogens is 396 g/mol. The molecule has 0 aromatic heterocycles. The molecule has 4 rings (SSSR count). The van der Waals surface area contributed by atoms with E-state index in [9.17, 15) is 13.2 Å². The summed E-state index contributed by atoms with van der Waals surface area (Å²) >= 11 is 0. The summed E-state index contributed by atoms with van der Waals surface area (Å²) < 4.78 is 26.6. The van der Waals surface area contributed by atoms with Crippen molar-refractivity contribution in [3.8, 4) is 11.1 Å². The van der Waals surface area contributed by atoms with Gasteiger partial charge < -0.3 is 5.32 Å². The molecule has 1 aliphatic rings. The highest BCUT2D eigenvalue weighted by Crippen LogP contribution is 2.37. The van der Waals surface area contributed by atoms with Gasteiger partial charge in [-0.3, -0.25) is 4.79 Å². The highest BCUT2D eigenvalue weighted by atomic mass is 32.2. The Morgan fingerprint density at radius 2 is 1.57 bits per heavy atom. The summed E-state index contributed by atoms with van der Waals surface area (Å²) in [7, 11) is -3.54. The molecule has 0 radical (unpaired) electrons. The van der Waals surface area contributed by atoms with E-state index in [1.54, 1.807) is 26.0 Å². The molecule has 0 saturated carbocycles. The van der Waals surface area contributed by atoms with Gasteiger partial charge in [-0.1, -0.05) is 44.2 Å². The van der Waals surface area contributed by atoms with Gasteiger partial charge >= 0.3 is 0 Å². The number of carbonyl (C=O) groups excluding carboxylic acids is 1. The number of carbonyl (C=O) groups is 1. The van der Waals surface area contributed by atoms with Crippen molar-refractivity contribution in [2.24, 2.45) is 0 Å². The summed E-state index contributed by atoms with van der Waals surface area (Å²) in [5.74, 6) is -0.270. The lowest BCUT2D eigenvalue weighted by Crippen LogP contribution is -2.30. The van der Waals surface area contributed by atoms with Crippen LogP contribution < -0.4 is 5.32 Å². The standard InChI is InChI=1S/C24H24N2O3S/c1-3-26(4-2)30(28,29)21-13-10-17(11-14-21)24(27)25-20-12-9-19-15-18-7-5-6-8-22(18)23(19)16-20/h5-14,16H,3-4,15H2,1-2H3,(H,25,27). The van der Waals surface area contributed by atoms with Crippen molar-refractivity contribution < 1.29 is 13.2 Å². The molecule has 0 saturated heterocycles.